The van der Waals surface area contributed by atoms with E-state index in [1.807, 2.05) is 6.07 Å². The van der Waals surface area contributed by atoms with Gasteiger partial charge in [-0.3, -0.25) is 4.90 Å². The van der Waals surface area contributed by atoms with Crippen molar-refractivity contribution in [2.75, 3.05) is 42.5 Å². The van der Waals surface area contributed by atoms with Gasteiger partial charge in [-0.2, -0.15) is 0 Å². The maximum Gasteiger partial charge on any atom is 0.258 e. The van der Waals surface area contributed by atoms with Crippen LogP contribution in [0.5, 0.6) is 5.88 Å². The summed E-state index contributed by atoms with van der Waals surface area (Å²) < 4.78 is 5.79. The molecule has 162 valence electrons. The highest BCUT2D eigenvalue weighted by Crippen LogP contribution is 2.26. The molecule has 4 N–H and O–H groups in total. The van der Waals surface area contributed by atoms with E-state index in [-0.39, 0.29) is 12.4 Å². The van der Waals surface area contributed by atoms with Crippen LogP contribution >= 0.6 is 0 Å². The highest BCUT2D eigenvalue weighted by molar-refractivity contribution is 5.64. The standard InChI is InChI=1S/C23H29N7O/c1-16(2)29-9-11-30(12-10-29)19-5-3-18(4-6-19)20-14-27-22(25)23(28-20)31-15-17-7-8-26-21(24)13-17/h3-8,13-14,16H,9-12,15H2,1-2H3,(H2,24,26)(H2,25,27). The van der Waals surface area contributed by atoms with Crippen molar-refractivity contribution in [3.63, 3.8) is 0 Å². The number of anilines is 3. The molecule has 0 bridgehead atoms. The van der Waals surface area contributed by atoms with Gasteiger partial charge >= 0.3 is 0 Å². The summed E-state index contributed by atoms with van der Waals surface area (Å²) in [6.45, 7) is 9.05. The van der Waals surface area contributed by atoms with Gasteiger partial charge in [-0.25, -0.2) is 15.0 Å². The van der Waals surface area contributed by atoms with Crippen LogP contribution in [0.3, 0.4) is 0 Å². The lowest BCUT2D eigenvalue weighted by atomic mass is 10.1. The third-order valence-electron chi connectivity index (χ3n) is 5.56. The molecule has 3 aromatic rings. The molecule has 0 amide bonds. The molecule has 4 rings (SSSR count). The van der Waals surface area contributed by atoms with E-state index >= 15 is 0 Å². The highest BCUT2D eigenvalue weighted by atomic mass is 16.5. The van der Waals surface area contributed by atoms with Crippen LogP contribution in [0.15, 0.2) is 48.8 Å². The Kier molecular flexibility index (Phi) is 6.18. The number of hydrogen-bond donors (Lipinski definition) is 2. The van der Waals surface area contributed by atoms with Gasteiger partial charge in [0.1, 0.15) is 12.4 Å². The molecule has 8 heteroatoms. The third-order valence-corrected chi connectivity index (χ3v) is 5.56. The fourth-order valence-electron chi connectivity index (χ4n) is 3.70. The lowest BCUT2D eigenvalue weighted by Crippen LogP contribution is -2.48. The average molecular weight is 420 g/mol. The van der Waals surface area contributed by atoms with Gasteiger partial charge in [-0.15, -0.1) is 0 Å². The number of rotatable bonds is 6. The quantitative estimate of drug-likeness (QED) is 0.628. The summed E-state index contributed by atoms with van der Waals surface area (Å²) in [5.41, 5.74) is 15.5. The number of nitrogens with zero attached hydrogens (tertiary/aromatic N) is 5. The van der Waals surface area contributed by atoms with Crippen LogP contribution in [0.2, 0.25) is 0 Å². The first kappa shape index (κ1) is 20.9. The fraction of sp³-hybridized carbons (Fsp3) is 0.348. The van der Waals surface area contributed by atoms with E-state index in [1.54, 1.807) is 18.5 Å². The minimum atomic E-state index is 0.255. The van der Waals surface area contributed by atoms with E-state index in [1.165, 1.54) is 5.69 Å². The second kappa shape index (κ2) is 9.18. The first-order chi connectivity index (χ1) is 15.0. The second-order valence-corrected chi connectivity index (χ2v) is 7.99. The molecule has 0 saturated carbocycles. The minimum Gasteiger partial charge on any atom is -0.470 e. The molecule has 1 aromatic carbocycles. The van der Waals surface area contributed by atoms with Crippen LogP contribution < -0.4 is 21.1 Å². The van der Waals surface area contributed by atoms with Crippen molar-refractivity contribution in [2.45, 2.75) is 26.5 Å². The molecule has 1 saturated heterocycles. The van der Waals surface area contributed by atoms with Gasteiger partial charge in [0.25, 0.3) is 5.88 Å². The number of piperazine rings is 1. The average Bonchev–Trinajstić information content (AvgIpc) is 2.79. The van der Waals surface area contributed by atoms with E-state index in [9.17, 15) is 0 Å². The van der Waals surface area contributed by atoms with Crippen LogP contribution in [-0.4, -0.2) is 52.1 Å². The maximum absolute atomic E-state index is 5.97. The minimum absolute atomic E-state index is 0.255. The normalized spacial score (nSPS) is 14.7. The van der Waals surface area contributed by atoms with Crippen molar-refractivity contribution in [1.82, 2.24) is 19.9 Å². The second-order valence-electron chi connectivity index (χ2n) is 7.99. The Labute approximate surface area is 182 Å². The molecular formula is C23H29N7O. The molecule has 0 atom stereocenters. The molecule has 3 heterocycles. The first-order valence-corrected chi connectivity index (χ1v) is 10.5. The molecule has 2 aromatic heterocycles. The summed E-state index contributed by atoms with van der Waals surface area (Å²) in [7, 11) is 0. The Morgan fingerprint density at radius 1 is 1.00 bits per heavy atom. The van der Waals surface area contributed by atoms with Gasteiger partial charge in [0.15, 0.2) is 5.82 Å². The van der Waals surface area contributed by atoms with E-state index in [4.69, 9.17) is 16.2 Å². The van der Waals surface area contributed by atoms with Gasteiger partial charge in [-0.05, 0) is 43.7 Å². The number of nitrogen functional groups attached to an aromatic ring is 2. The summed E-state index contributed by atoms with van der Waals surface area (Å²) >= 11 is 0. The Balaban J connectivity index is 1.44. The molecule has 8 nitrogen and oxygen atoms in total. The van der Waals surface area contributed by atoms with Gasteiger partial charge in [0, 0.05) is 49.7 Å². The zero-order valence-electron chi connectivity index (χ0n) is 18.0. The van der Waals surface area contributed by atoms with Crippen LogP contribution in [-0.2, 0) is 6.61 Å². The van der Waals surface area contributed by atoms with Crippen molar-refractivity contribution < 1.29 is 4.74 Å². The SMILES string of the molecule is CC(C)N1CCN(c2ccc(-c3cnc(N)c(OCc4ccnc(N)c4)n3)cc2)CC1. The smallest absolute Gasteiger partial charge is 0.258 e. The Hall–Kier alpha value is -3.39. The van der Waals surface area contributed by atoms with Crippen molar-refractivity contribution >= 4 is 17.3 Å². The number of benzene rings is 1. The molecule has 1 fully saturated rings. The Morgan fingerprint density at radius 3 is 2.42 bits per heavy atom. The van der Waals surface area contributed by atoms with Crippen molar-refractivity contribution in [3.05, 3.63) is 54.4 Å². The van der Waals surface area contributed by atoms with E-state index < -0.39 is 0 Å². The molecule has 0 unspecified atom stereocenters. The van der Waals surface area contributed by atoms with Crippen LogP contribution in [0.4, 0.5) is 17.3 Å². The summed E-state index contributed by atoms with van der Waals surface area (Å²) in [6, 6.07) is 12.6. The van der Waals surface area contributed by atoms with Crippen LogP contribution in [0.25, 0.3) is 11.3 Å². The predicted octanol–water partition coefficient (Wildman–Crippen LogP) is 2.81. The molecule has 0 spiro atoms. The number of aromatic nitrogens is 3. The lowest BCUT2D eigenvalue weighted by molar-refractivity contribution is 0.209. The predicted molar refractivity (Wildman–Crippen MR) is 124 cm³/mol. The number of ether oxygens (including phenoxy) is 1. The van der Waals surface area contributed by atoms with Crippen molar-refractivity contribution in [2.24, 2.45) is 0 Å². The van der Waals surface area contributed by atoms with Crippen molar-refractivity contribution in [3.8, 4) is 17.1 Å². The van der Waals surface area contributed by atoms with Gasteiger partial charge in [-0.1, -0.05) is 12.1 Å². The van der Waals surface area contributed by atoms with Gasteiger partial charge in [0.2, 0.25) is 0 Å². The van der Waals surface area contributed by atoms with Crippen molar-refractivity contribution in [1.29, 1.82) is 0 Å². The Morgan fingerprint density at radius 2 is 1.74 bits per heavy atom. The highest BCUT2D eigenvalue weighted by Gasteiger charge is 2.19. The number of pyridine rings is 1. The maximum atomic E-state index is 5.97. The first-order valence-electron chi connectivity index (χ1n) is 10.5. The molecule has 0 radical (unpaired) electrons. The van der Waals surface area contributed by atoms with E-state index in [0.29, 0.717) is 17.7 Å². The molecular weight excluding hydrogens is 390 g/mol. The molecule has 0 aliphatic carbocycles. The Bertz CT molecular complexity index is 1010. The zero-order valence-corrected chi connectivity index (χ0v) is 18.0. The van der Waals surface area contributed by atoms with Crippen LogP contribution in [0.1, 0.15) is 19.4 Å². The number of hydrogen-bond acceptors (Lipinski definition) is 8. The third kappa shape index (κ3) is 5.03. The molecule has 1 aliphatic heterocycles. The largest absolute Gasteiger partial charge is 0.470 e. The summed E-state index contributed by atoms with van der Waals surface area (Å²) in [6.07, 6.45) is 3.31. The van der Waals surface area contributed by atoms with Gasteiger partial charge < -0.3 is 21.1 Å². The summed E-state index contributed by atoms with van der Waals surface area (Å²) in [5.74, 6) is 1.01. The fourth-order valence-corrected chi connectivity index (χ4v) is 3.70. The van der Waals surface area contributed by atoms with E-state index in [0.717, 1.165) is 43.0 Å². The summed E-state index contributed by atoms with van der Waals surface area (Å²) in [5, 5.41) is 0. The molecule has 31 heavy (non-hydrogen) atoms. The summed E-state index contributed by atoms with van der Waals surface area (Å²) in [4.78, 5) is 17.7. The van der Waals surface area contributed by atoms with Gasteiger partial charge in [0.05, 0.1) is 11.9 Å². The van der Waals surface area contributed by atoms with Crippen LogP contribution in [0, 0.1) is 0 Å². The van der Waals surface area contributed by atoms with E-state index in [2.05, 4.69) is 62.9 Å². The number of nitrogens with two attached hydrogens (primary N) is 2. The zero-order chi connectivity index (χ0) is 21.8. The molecule has 1 aliphatic rings. The monoisotopic (exact) mass is 419 g/mol. The topological polar surface area (TPSA) is 106 Å². The lowest BCUT2D eigenvalue weighted by Gasteiger charge is -2.38.